The number of aromatic nitrogens is 1. The van der Waals surface area contributed by atoms with Crippen LogP contribution >= 0.6 is 11.3 Å². The van der Waals surface area contributed by atoms with Crippen LogP contribution in [-0.2, 0) is 14.8 Å². The van der Waals surface area contributed by atoms with E-state index >= 15 is 0 Å². The fourth-order valence-corrected chi connectivity index (χ4v) is 5.49. The maximum Gasteiger partial charge on any atom is 0.266 e. The van der Waals surface area contributed by atoms with Gasteiger partial charge in [0.05, 0.1) is 4.90 Å². The van der Waals surface area contributed by atoms with Crippen LogP contribution in [0.4, 0.5) is 16.5 Å². The smallest absolute Gasteiger partial charge is 0.266 e. The first kappa shape index (κ1) is 22.8. The molecule has 164 valence electrons. The summed E-state index contributed by atoms with van der Waals surface area (Å²) in [6, 6.07) is 15.9. The van der Waals surface area contributed by atoms with Crippen molar-refractivity contribution >= 4 is 43.8 Å². The third-order valence-corrected chi connectivity index (χ3v) is 7.36. The fraction of sp³-hybridized carbons (Fsp3) is 0.273. The summed E-state index contributed by atoms with van der Waals surface area (Å²) in [7, 11) is -3.93. The monoisotopic (exact) mass is 458 g/mol. The molecule has 3 rings (SSSR count). The van der Waals surface area contributed by atoms with E-state index in [1.165, 1.54) is 18.3 Å². The largest absolute Gasteiger partial charge is 0.369 e. The number of carbonyl (C=O) groups excluding carboxylic acids is 1. The zero-order chi connectivity index (χ0) is 22.4. The van der Waals surface area contributed by atoms with Gasteiger partial charge < -0.3 is 10.2 Å². The predicted octanol–water partition coefficient (Wildman–Crippen LogP) is 4.21. The van der Waals surface area contributed by atoms with Crippen LogP contribution in [0.15, 0.2) is 71.1 Å². The molecule has 0 radical (unpaired) electrons. The normalized spacial score (nSPS) is 11.4. The van der Waals surface area contributed by atoms with Crippen molar-refractivity contribution in [1.29, 1.82) is 0 Å². The van der Waals surface area contributed by atoms with Gasteiger partial charge in [0, 0.05) is 35.5 Å². The topological polar surface area (TPSA) is 82.6 Å². The summed E-state index contributed by atoms with van der Waals surface area (Å²) in [5.41, 5.74) is 1.66. The van der Waals surface area contributed by atoms with E-state index in [0.717, 1.165) is 27.9 Å². The lowest BCUT2D eigenvalue weighted by atomic mass is 10.2. The molecular weight excluding hydrogens is 432 g/mol. The van der Waals surface area contributed by atoms with Crippen LogP contribution in [0, 0.1) is 0 Å². The highest BCUT2D eigenvalue weighted by Gasteiger charge is 2.28. The molecule has 7 nitrogen and oxygen atoms in total. The Morgan fingerprint density at radius 2 is 1.77 bits per heavy atom. The number of sulfonamides is 1. The molecule has 1 aromatic heterocycles. The van der Waals surface area contributed by atoms with Crippen molar-refractivity contribution in [3.63, 3.8) is 0 Å². The minimum Gasteiger partial charge on any atom is -0.369 e. The number of anilines is 3. The van der Waals surface area contributed by atoms with Gasteiger partial charge in [-0.2, -0.15) is 0 Å². The van der Waals surface area contributed by atoms with Gasteiger partial charge in [-0.05, 0) is 57.2 Å². The SMILES string of the molecule is CCN(c1ccc(NC(=O)CN(c2nccs2)S(=O)(=O)c2ccccc2)cc1)C(C)C. The van der Waals surface area contributed by atoms with E-state index in [2.05, 4.69) is 36.0 Å². The Bertz CT molecular complexity index is 1080. The second-order valence-electron chi connectivity index (χ2n) is 7.11. The number of hydrogen-bond acceptors (Lipinski definition) is 6. The molecule has 3 aromatic rings. The molecule has 0 unspecified atom stereocenters. The highest BCUT2D eigenvalue weighted by Crippen LogP contribution is 2.26. The molecule has 0 aliphatic rings. The lowest BCUT2D eigenvalue weighted by molar-refractivity contribution is -0.114. The zero-order valence-electron chi connectivity index (χ0n) is 17.7. The van der Waals surface area contributed by atoms with Gasteiger partial charge in [0.2, 0.25) is 5.91 Å². The summed E-state index contributed by atoms with van der Waals surface area (Å²) >= 11 is 1.16. The lowest BCUT2D eigenvalue weighted by Gasteiger charge is -2.27. The molecule has 31 heavy (non-hydrogen) atoms. The maximum absolute atomic E-state index is 13.1. The summed E-state index contributed by atoms with van der Waals surface area (Å²) in [5, 5.41) is 4.70. The van der Waals surface area contributed by atoms with Crippen molar-refractivity contribution in [3.8, 4) is 0 Å². The number of amides is 1. The highest BCUT2D eigenvalue weighted by atomic mass is 32.2. The Kier molecular flexibility index (Phi) is 7.29. The Hall–Kier alpha value is -2.91. The summed E-state index contributed by atoms with van der Waals surface area (Å²) in [5.74, 6) is -0.446. The highest BCUT2D eigenvalue weighted by molar-refractivity contribution is 7.93. The molecule has 0 saturated heterocycles. The van der Waals surface area contributed by atoms with E-state index < -0.39 is 15.9 Å². The molecule has 2 aromatic carbocycles. The molecule has 0 bridgehead atoms. The molecule has 0 saturated carbocycles. The maximum atomic E-state index is 13.1. The fourth-order valence-electron chi connectivity index (χ4n) is 3.23. The molecule has 9 heteroatoms. The Morgan fingerprint density at radius 3 is 2.32 bits per heavy atom. The first-order chi connectivity index (χ1) is 14.8. The Morgan fingerprint density at radius 1 is 1.10 bits per heavy atom. The molecule has 0 aliphatic carbocycles. The van der Waals surface area contributed by atoms with Gasteiger partial charge in [0.1, 0.15) is 6.54 Å². The quantitative estimate of drug-likeness (QED) is 0.519. The van der Waals surface area contributed by atoms with Gasteiger partial charge in [0.25, 0.3) is 10.0 Å². The van der Waals surface area contributed by atoms with Crippen molar-refractivity contribution in [3.05, 3.63) is 66.2 Å². The van der Waals surface area contributed by atoms with E-state index in [4.69, 9.17) is 0 Å². The number of rotatable bonds is 9. The molecule has 0 fully saturated rings. The zero-order valence-corrected chi connectivity index (χ0v) is 19.4. The van der Waals surface area contributed by atoms with E-state index in [1.54, 1.807) is 23.6 Å². The summed E-state index contributed by atoms with van der Waals surface area (Å²) in [4.78, 5) is 19.2. The van der Waals surface area contributed by atoms with E-state index in [9.17, 15) is 13.2 Å². The molecule has 1 amide bonds. The molecule has 1 N–H and O–H groups in total. The van der Waals surface area contributed by atoms with E-state index in [0.29, 0.717) is 11.7 Å². The van der Waals surface area contributed by atoms with Gasteiger partial charge in [-0.15, -0.1) is 11.3 Å². The van der Waals surface area contributed by atoms with Crippen molar-refractivity contribution in [2.75, 3.05) is 27.6 Å². The number of nitrogens with one attached hydrogen (secondary N) is 1. The minimum atomic E-state index is -3.93. The van der Waals surface area contributed by atoms with E-state index in [1.807, 2.05) is 24.3 Å². The van der Waals surface area contributed by atoms with Crippen LogP contribution in [0.3, 0.4) is 0 Å². The molecule has 1 heterocycles. The molecule has 0 aliphatic heterocycles. The number of hydrogen-bond donors (Lipinski definition) is 1. The van der Waals surface area contributed by atoms with Crippen molar-refractivity contribution in [1.82, 2.24) is 4.98 Å². The molecule has 0 atom stereocenters. The van der Waals surface area contributed by atoms with Crippen LogP contribution in [0.5, 0.6) is 0 Å². The number of nitrogens with zero attached hydrogens (tertiary/aromatic N) is 3. The van der Waals surface area contributed by atoms with Crippen LogP contribution in [0.1, 0.15) is 20.8 Å². The lowest BCUT2D eigenvalue weighted by Crippen LogP contribution is -2.38. The Balaban J connectivity index is 1.78. The van der Waals surface area contributed by atoms with Crippen molar-refractivity contribution in [2.24, 2.45) is 0 Å². The van der Waals surface area contributed by atoms with Crippen LogP contribution in [0.25, 0.3) is 0 Å². The third-order valence-electron chi connectivity index (χ3n) is 4.70. The third kappa shape index (κ3) is 5.42. The molecule has 0 spiro atoms. The van der Waals surface area contributed by atoms with Gasteiger partial charge in [-0.25, -0.2) is 17.7 Å². The standard InChI is InChI=1S/C22H26N4O3S2/c1-4-25(17(2)3)19-12-10-18(11-13-19)24-21(27)16-26(22-23-14-15-30-22)31(28,29)20-8-6-5-7-9-20/h5-15,17H,4,16H2,1-3H3,(H,24,27). The average molecular weight is 459 g/mol. The number of carbonyl (C=O) groups is 1. The molecular formula is C22H26N4O3S2. The van der Waals surface area contributed by atoms with Crippen molar-refractivity contribution < 1.29 is 13.2 Å². The van der Waals surface area contributed by atoms with Gasteiger partial charge in [0.15, 0.2) is 5.13 Å². The van der Waals surface area contributed by atoms with Crippen molar-refractivity contribution in [2.45, 2.75) is 31.7 Å². The number of benzene rings is 2. The van der Waals surface area contributed by atoms with Gasteiger partial charge >= 0.3 is 0 Å². The van der Waals surface area contributed by atoms with Crippen LogP contribution < -0.4 is 14.5 Å². The summed E-state index contributed by atoms with van der Waals surface area (Å²) < 4.78 is 27.3. The van der Waals surface area contributed by atoms with Gasteiger partial charge in [-0.1, -0.05) is 18.2 Å². The van der Waals surface area contributed by atoms with E-state index in [-0.39, 0.29) is 16.6 Å². The van der Waals surface area contributed by atoms with Crippen LogP contribution in [0.2, 0.25) is 0 Å². The first-order valence-electron chi connectivity index (χ1n) is 9.96. The van der Waals surface area contributed by atoms with Gasteiger partial charge in [-0.3, -0.25) is 4.79 Å². The summed E-state index contributed by atoms with van der Waals surface area (Å²) in [6.07, 6.45) is 1.51. The predicted molar refractivity (Wildman–Crippen MR) is 126 cm³/mol. The first-order valence-corrected chi connectivity index (χ1v) is 12.3. The average Bonchev–Trinajstić information content (AvgIpc) is 3.28. The second kappa shape index (κ2) is 9.93. The number of thiazole rings is 1. The Labute approximate surface area is 187 Å². The van der Waals surface area contributed by atoms with Crippen LogP contribution in [-0.4, -0.2) is 38.4 Å². The minimum absolute atomic E-state index is 0.107. The second-order valence-corrected chi connectivity index (χ2v) is 9.85. The summed E-state index contributed by atoms with van der Waals surface area (Å²) in [6.45, 7) is 6.85.